The largest absolute Gasteiger partial charge is 0.435 e. The van der Waals surface area contributed by atoms with Gasteiger partial charge in [-0.15, -0.1) is 0 Å². The minimum Gasteiger partial charge on any atom is -0.435 e. The lowest BCUT2D eigenvalue weighted by molar-refractivity contribution is -0.0498. The molecule has 0 fully saturated rings. The molecule has 0 aliphatic carbocycles. The summed E-state index contributed by atoms with van der Waals surface area (Å²) in [7, 11) is 0. The van der Waals surface area contributed by atoms with Crippen molar-refractivity contribution in [3.8, 4) is 5.75 Å². The van der Waals surface area contributed by atoms with Crippen LogP contribution in [0, 0.1) is 0 Å². The molecule has 1 aromatic heterocycles. The van der Waals surface area contributed by atoms with Crippen LogP contribution in [0.4, 0.5) is 8.78 Å². The van der Waals surface area contributed by atoms with Crippen LogP contribution in [0.5, 0.6) is 5.75 Å². The third-order valence-corrected chi connectivity index (χ3v) is 2.89. The molecule has 0 unspecified atom stereocenters. The van der Waals surface area contributed by atoms with Gasteiger partial charge in [0.05, 0.1) is 6.54 Å². The lowest BCUT2D eigenvalue weighted by Gasteiger charge is -2.09. The lowest BCUT2D eigenvalue weighted by atomic mass is 10.2. The van der Waals surface area contributed by atoms with Gasteiger partial charge in [-0.3, -0.25) is 4.79 Å². The van der Waals surface area contributed by atoms with Crippen LogP contribution in [-0.4, -0.2) is 11.2 Å². The summed E-state index contributed by atoms with van der Waals surface area (Å²) in [6.45, 7) is -2.57. The van der Waals surface area contributed by atoms with Crippen LogP contribution in [0.3, 0.4) is 0 Å². The molecule has 0 atom stereocenters. The highest BCUT2D eigenvalue weighted by Crippen LogP contribution is 2.16. The van der Waals surface area contributed by atoms with Gasteiger partial charge in [0.25, 0.3) is 5.56 Å². The monoisotopic (exact) mass is 329 g/mol. The molecule has 0 amide bonds. The van der Waals surface area contributed by atoms with Gasteiger partial charge in [-0.1, -0.05) is 12.1 Å². The molecule has 0 bridgehead atoms. The summed E-state index contributed by atoms with van der Waals surface area (Å²) < 4.78 is 30.8. The Hall–Kier alpha value is -1.69. The van der Waals surface area contributed by atoms with E-state index in [4.69, 9.17) is 0 Å². The minimum absolute atomic E-state index is 0.0792. The predicted molar refractivity (Wildman–Crippen MR) is 70.6 cm³/mol. The number of nitrogens with zero attached hydrogens (tertiary/aromatic N) is 1. The Bertz CT molecular complexity index is 628. The van der Waals surface area contributed by atoms with E-state index in [2.05, 4.69) is 20.7 Å². The third kappa shape index (κ3) is 3.89. The number of pyridine rings is 1. The Balaban J connectivity index is 2.23. The van der Waals surface area contributed by atoms with Crippen LogP contribution >= 0.6 is 15.9 Å². The Labute approximate surface area is 116 Å². The number of alkyl halides is 2. The molecule has 3 nitrogen and oxygen atoms in total. The quantitative estimate of drug-likeness (QED) is 0.862. The van der Waals surface area contributed by atoms with Crippen molar-refractivity contribution in [3.63, 3.8) is 0 Å². The second-order valence-electron chi connectivity index (χ2n) is 3.84. The third-order valence-electron chi connectivity index (χ3n) is 2.42. The molecule has 6 heteroatoms. The summed E-state index contributed by atoms with van der Waals surface area (Å²) in [5, 5.41) is 0. The maximum atomic E-state index is 12.1. The number of rotatable bonds is 4. The summed E-state index contributed by atoms with van der Waals surface area (Å²) in [6.07, 6.45) is 1.64. The maximum Gasteiger partial charge on any atom is 0.387 e. The number of hydrogen-bond donors (Lipinski definition) is 0. The van der Waals surface area contributed by atoms with E-state index in [1.54, 1.807) is 24.4 Å². The van der Waals surface area contributed by atoms with Crippen molar-refractivity contribution < 1.29 is 13.5 Å². The van der Waals surface area contributed by atoms with Gasteiger partial charge < -0.3 is 9.30 Å². The first-order valence-electron chi connectivity index (χ1n) is 5.44. The average Bonchev–Trinajstić information content (AvgIpc) is 2.33. The summed E-state index contributed by atoms with van der Waals surface area (Å²) in [4.78, 5) is 11.6. The van der Waals surface area contributed by atoms with Crippen molar-refractivity contribution in [1.82, 2.24) is 4.57 Å². The van der Waals surface area contributed by atoms with Gasteiger partial charge >= 0.3 is 6.61 Å². The van der Waals surface area contributed by atoms with E-state index in [1.807, 2.05) is 0 Å². The first-order chi connectivity index (χ1) is 9.04. The Morgan fingerprint density at radius 2 is 2.05 bits per heavy atom. The van der Waals surface area contributed by atoms with Crippen molar-refractivity contribution in [2.45, 2.75) is 13.2 Å². The van der Waals surface area contributed by atoms with Crippen molar-refractivity contribution in [2.24, 2.45) is 0 Å². The topological polar surface area (TPSA) is 31.2 Å². The second kappa shape index (κ2) is 5.97. The SMILES string of the molecule is O=c1ccc(Br)cn1Cc1cccc(OC(F)F)c1. The minimum atomic E-state index is -2.86. The maximum absolute atomic E-state index is 12.1. The Kier molecular flexibility index (Phi) is 4.31. The lowest BCUT2D eigenvalue weighted by Crippen LogP contribution is -2.18. The molecule has 0 spiro atoms. The van der Waals surface area contributed by atoms with Crippen LogP contribution in [0.1, 0.15) is 5.56 Å². The van der Waals surface area contributed by atoms with E-state index in [0.717, 1.165) is 4.47 Å². The number of benzene rings is 1. The van der Waals surface area contributed by atoms with Crippen LogP contribution in [0.15, 0.2) is 51.9 Å². The highest BCUT2D eigenvalue weighted by Gasteiger charge is 2.05. The standard InChI is InChI=1S/C13H10BrF2NO2/c14-10-4-5-12(18)17(8-10)7-9-2-1-3-11(6-9)19-13(15)16/h1-6,8,13H,7H2. The smallest absolute Gasteiger partial charge is 0.387 e. The molecule has 0 saturated heterocycles. The normalized spacial score (nSPS) is 10.7. The van der Waals surface area contributed by atoms with E-state index in [-0.39, 0.29) is 11.3 Å². The molecule has 1 aromatic carbocycles. The van der Waals surface area contributed by atoms with Crippen LogP contribution in [0.25, 0.3) is 0 Å². The molecule has 2 rings (SSSR count). The predicted octanol–water partition coefficient (Wildman–Crippen LogP) is 3.26. The first-order valence-corrected chi connectivity index (χ1v) is 6.23. The zero-order valence-corrected chi connectivity index (χ0v) is 11.3. The molecule has 0 saturated carbocycles. The fourth-order valence-electron chi connectivity index (χ4n) is 1.64. The van der Waals surface area contributed by atoms with Crippen molar-refractivity contribution in [1.29, 1.82) is 0 Å². The van der Waals surface area contributed by atoms with Gasteiger partial charge in [-0.05, 0) is 39.7 Å². The number of ether oxygens (including phenoxy) is 1. The number of aromatic nitrogens is 1. The average molecular weight is 330 g/mol. The molecule has 100 valence electrons. The van der Waals surface area contributed by atoms with Crippen LogP contribution < -0.4 is 10.3 Å². The molecule has 1 heterocycles. The summed E-state index contributed by atoms with van der Waals surface area (Å²) in [5.41, 5.74) is 0.543. The first kappa shape index (κ1) is 13.7. The van der Waals surface area contributed by atoms with Crippen molar-refractivity contribution in [2.75, 3.05) is 0 Å². The highest BCUT2D eigenvalue weighted by molar-refractivity contribution is 9.10. The molecular weight excluding hydrogens is 320 g/mol. The fraction of sp³-hybridized carbons (Fsp3) is 0.154. The number of halogens is 3. The Morgan fingerprint density at radius 1 is 1.26 bits per heavy atom. The highest BCUT2D eigenvalue weighted by atomic mass is 79.9. The van der Waals surface area contributed by atoms with Gasteiger partial charge in [0.2, 0.25) is 0 Å². The van der Waals surface area contributed by atoms with Crippen molar-refractivity contribution >= 4 is 15.9 Å². The van der Waals surface area contributed by atoms with Gasteiger partial charge in [0, 0.05) is 16.7 Å². The number of hydrogen-bond acceptors (Lipinski definition) is 2. The molecule has 2 aromatic rings. The van der Waals surface area contributed by atoms with E-state index < -0.39 is 6.61 Å². The van der Waals surface area contributed by atoms with Crippen LogP contribution in [-0.2, 0) is 6.54 Å². The molecule has 0 aliphatic heterocycles. The molecule has 19 heavy (non-hydrogen) atoms. The molecule has 0 aliphatic rings. The Morgan fingerprint density at radius 3 is 2.79 bits per heavy atom. The van der Waals surface area contributed by atoms with Gasteiger partial charge in [-0.2, -0.15) is 8.78 Å². The van der Waals surface area contributed by atoms with Crippen molar-refractivity contribution in [3.05, 3.63) is 63.0 Å². The fourth-order valence-corrected chi connectivity index (χ4v) is 2.02. The second-order valence-corrected chi connectivity index (χ2v) is 4.76. The van der Waals surface area contributed by atoms with E-state index in [9.17, 15) is 13.6 Å². The molecular formula is C13H10BrF2NO2. The van der Waals surface area contributed by atoms with E-state index in [1.165, 1.54) is 22.8 Å². The zero-order valence-electron chi connectivity index (χ0n) is 9.72. The van der Waals surface area contributed by atoms with Crippen LogP contribution in [0.2, 0.25) is 0 Å². The van der Waals surface area contributed by atoms with Gasteiger partial charge in [0.1, 0.15) is 5.75 Å². The molecule has 0 N–H and O–H groups in total. The zero-order chi connectivity index (χ0) is 13.8. The van der Waals surface area contributed by atoms with E-state index in [0.29, 0.717) is 12.1 Å². The summed E-state index contributed by atoms with van der Waals surface area (Å²) >= 11 is 3.27. The van der Waals surface area contributed by atoms with Gasteiger partial charge in [-0.25, -0.2) is 0 Å². The molecule has 0 radical (unpaired) electrons. The van der Waals surface area contributed by atoms with Gasteiger partial charge in [0.15, 0.2) is 0 Å². The summed E-state index contributed by atoms with van der Waals surface area (Å²) in [6, 6.07) is 9.36. The summed E-state index contributed by atoms with van der Waals surface area (Å²) in [5.74, 6) is 0.0792. The van der Waals surface area contributed by atoms with E-state index >= 15 is 0 Å².